The molecule has 0 fully saturated rings. The Labute approximate surface area is 125 Å². The highest BCUT2D eigenvalue weighted by atomic mass is 35.5. The van der Waals surface area contributed by atoms with Crippen LogP contribution in [0.1, 0.15) is 49.0 Å². The molecule has 3 N–H and O–H groups in total. The topological polar surface area (TPSA) is 55.1 Å². The van der Waals surface area contributed by atoms with Crippen LogP contribution in [-0.4, -0.2) is 18.5 Å². The molecule has 20 heavy (non-hydrogen) atoms. The van der Waals surface area contributed by atoms with Gasteiger partial charge in [0, 0.05) is 17.2 Å². The average Bonchev–Trinajstić information content (AvgIpc) is 2.43. The number of nitrogens with one attached hydrogen (secondary N) is 1. The van der Waals surface area contributed by atoms with Crippen LogP contribution in [-0.2, 0) is 0 Å². The predicted octanol–water partition coefficient (Wildman–Crippen LogP) is 2.96. The van der Waals surface area contributed by atoms with E-state index < -0.39 is 0 Å². The highest BCUT2D eigenvalue weighted by Crippen LogP contribution is 2.17. The summed E-state index contributed by atoms with van der Waals surface area (Å²) in [7, 11) is 0. The third kappa shape index (κ3) is 5.24. The smallest absolute Gasteiger partial charge is 0.251 e. The predicted molar refractivity (Wildman–Crippen MR) is 83.8 cm³/mol. The van der Waals surface area contributed by atoms with E-state index in [1.165, 1.54) is 0 Å². The number of halogens is 1. The zero-order valence-corrected chi connectivity index (χ0v) is 12.8. The lowest BCUT2D eigenvalue weighted by molar-refractivity contribution is 0.0938. The summed E-state index contributed by atoms with van der Waals surface area (Å²) in [6.07, 6.45) is 3.21. The Hall–Kier alpha value is -1.50. The fourth-order valence-electron chi connectivity index (χ4n) is 1.79. The maximum Gasteiger partial charge on any atom is 0.251 e. The Morgan fingerprint density at radius 3 is 2.85 bits per heavy atom. The van der Waals surface area contributed by atoms with E-state index in [0.717, 1.165) is 19.3 Å². The molecule has 0 aliphatic carbocycles. The van der Waals surface area contributed by atoms with Gasteiger partial charge in [-0.25, -0.2) is 0 Å². The molecule has 3 nitrogen and oxygen atoms in total. The monoisotopic (exact) mass is 292 g/mol. The van der Waals surface area contributed by atoms with Crippen LogP contribution in [0.15, 0.2) is 18.2 Å². The first-order chi connectivity index (χ1) is 9.58. The first-order valence-electron chi connectivity index (χ1n) is 6.87. The number of rotatable bonds is 5. The second-order valence-corrected chi connectivity index (χ2v) is 5.12. The van der Waals surface area contributed by atoms with Gasteiger partial charge in [-0.05, 0) is 31.5 Å². The molecule has 1 rings (SSSR count). The summed E-state index contributed by atoms with van der Waals surface area (Å²) in [6, 6.07) is 5.28. The first kappa shape index (κ1) is 16.6. The van der Waals surface area contributed by atoms with Gasteiger partial charge in [-0.3, -0.25) is 4.79 Å². The summed E-state index contributed by atoms with van der Waals surface area (Å²) in [6.45, 7) is 4.43. The van der Waals surface area contributed by atoms with E-state index in [1.54, 1.807) is 18.2 Å². The standard InChI is InChI=1S/C16H21ClN2O/c1-3-4-6-12(2)19-16(20)14-9-8-13(7-5-10-18)15(17)11-14/h8-9,11-12H,3-4,6,10,18H2,1-2H3,(H,19,20). The van der Waals surface area contributed by atoms with Gasteiger partial charge in [0.25, 0.3) is 5.91 Å². The lowest BCUT2D eigenvalue weighted by atomic mass is 10.1. The molecular formula is C16H21ClN2O. The van der Waals surface area contributed by atoms with Crippen LogP contribution in [0.4, 0.5) is 0 Å². The Bertz CT molecular complexity index is 517. The fraction of sp³-hybridized carbons (Fsp3) is 0.438. The molecule has 0 aromatic heterocycles. The lowest BCUT2D eigenvalue weighted by Gasteiger charge is -2.13. The van der Waals surface area contributed by atoms with Crippen LogP contribution in [0, 0.1) is 11.8 Å². The number of hydrogen-bond donors (Lipinski definition) is 2. The number of nitrogens with two attached hydrogens (primary N) is 1. The summed E-state index contributed by atoms with van der Waals surface area (Å²) in [4.78, 5) is 12.1. The molecule has 0 saturated heterocycles. The van der Waals surface area contributed by atoms with Crippen molar-refractivity contribution in [2.24, 2.45) is 5.73 Å². The summed E-state index contributed by atoms with van der Waals surface area (Å²) in [5.41, 5.74) is 6.56. The number of carbonyl (C=O) groups excluding carboxylic acids is 1. The maximum atomic E-state index is 12.1. The second kappa shape index (κ2) is 8.63. The van der Waals surface area contributed by atoms with Crippen molar-refractivity contribution in [3.63, 3.8) is 0 Å². The van der Waals surface area contributed by atoms with Gasteiger partial charge in [-0.15, -0.1) is 0 Å². The van der Waals surface area contributed by atoms with E-state index in [0.29, 0.717) is 16.1 Å². The molecule has 1 unspecified atom stereocenters. The Balaban J connectivity index is 2.72. The molecule has 108 valence electrons. The van der Waals surface area contributed by atoms with E-state index in [4.69, 9.17) is 17.3 Å². The number of unbranched alkanes of at least 4 members (excludes halogenated alkanes) is 1. The van der Waals surface area contributed by atoms with Gasteiger partial charge in [-0.2, -0.15) is 0 Å². The molecule has 0 saturated carbocycles. The quantitative estimate of drug-likeness (QED) is 0.820. The molecule has 0 radical (unpaired) electrons. The van der Waals surface area contributed by atoms with Crippen molar-refractivity contribution in [3.8, 4) is 11.8 Å². The van der Waals surface area contributed by atoms with Crippen molar-refractivity contribution in [1.29, 1.82) is 0 Å². The Morgan fingerprint density at radius 2 is 2.25 bits per heavy atom. The highest BCUT2D eigenvalue weighted by molar-refractivity contribution is 6.32. The van der Waals surface area contributed by atoms with Gasteiger partial charge in [0.2, 0.25) is 0 Å². The van der Waals surface area contributed by atoms with Gasteiger partial charge in [-0.1, -0.05) is 43.2 Å². The van der Waals surface area contributed by atoms with Crippen molar-refractivity contribution < 1.29 is 4.79 Å². The summed E-state index contributed by atoms with van der Waals surface area (Å²) >= 11 is 6.11. The van der Waals surface area contributed by atoms with Crippen molar-refractivity contribution in [2.75, 3.05) is 6.54 Å². The van der Waals surface area contributed by atoms with Crippen LogP contribution >= 0.6 is 11.6 Å². The van der Waals surface area contributed by atoms with E-state index in [-0.39, 0.29) is 18.5 Å². The van der Waals surface area contributed by atoms with Gasteiger partial charge in [0.05, 0.1) is 11.6 Å². The molecule has 0 heterocycles. The minimum Gasteiger partial charge on any atom is -0.350 e. The van der Waals surface area contributed by atoms with E-state index in [9.17, 15) is 4.79 Å². The summed E-state index contributed by atoms with van der Waals surface area (Å²) in [5.74, 6) is 5.51. The summed E-state index contributed by atoms with van der Waals surface area (Å²) < 4.78 is 0. The second-order valence-electron chi connectivity index (χ2n) is 4.72. The van der Waals surface area contributed by atoms with Gasteiger partial charge < -0.3 is 11.1 Å². The van der Waals surface area contributed by atoms with Crippen LogP contribution in [0.3, 0.4) is 0 Å². The number of carbonyl (C=O) groups is 1. The minimum absolute atomic E-state index is 0.103. The Morgan fingerprint density at radius 1 is 1.50 bits per heavy atom. The Kier molecular flexibility index (Phi) is 7.14. The molecule has 1 aromatic rings. The van der Waals surface area contributed by atoms with Gasteiger partial charge in [0.15, 0.2) is 0 Å². The number of amides is 1. The zero-order chi connectivity index (χ0) is 15.0. The van der Waals surface area contributed by atoms with Gasteiger partial charge >= 0.3 is 0 Å². The molecule has 1 amide bonds. The third-order valence-electron chi connectivity index (χ3n) is 2.92. The molecule has 0 spiro atoms. The van der Waals surface area contributed by atoms with E-state index in [1.807, 2.05) is 6.92 Å². The van der Waals surface area contributed by atoms with Crippen molar-refractivity contribution >= 4 is 17.5 Å². The number of hydrogen-bond acceptors (Lipinski definition) is 2. The molecular weight excluding hydrogens is 272 g/mol. The largest absolute Gasteiger partial charge is 0.350 e. The number of benzene rings is 1. The molecule has 0 aliphatic rings. The SMILES string of the molecule is CCCCC(C)NC(=O)c1ccc(C#CCN)c(Cl)c1. The normalized spacial score (nSPS) is 11.4. The minimum atomic E-state index is -0.103. The van der Waals surface area contributed by atoms with E-state index >= 15 is 0 Å². The first-order valence-corrected chi connectivity index (χ1v) is 7.25. The van der Waals surface area contributed by atoms with Gasteiger partial charge in [0.1, 0.15) is 0 Å². The fourth-order valence-corrected chi connectivity index (χ4v) is 2.02. The van der Waals surface area contributed by atoms with Crippen LogP contribution in [0.5, 0.6) is 0 Å². The van der Waals surface area contributed by atoms with Crippen LogP contribution in [0.25, 0.3) is 0 Å². The van der Waals surface area contributed by atoms with Crippen LogP contribution in [0.2, 0.25) is 5.02 Å². The molecule has 1 atom stereocenters. The van der Waals surface area contributed by atoms with Crippen LogP contribution < -0.4 is 11.1 Å². The van der Waals surface area contributed by atoms with E-state index in [2.05, 4.69) is 24.1 Å². The summed E-state index contributed by atoms with van der Waals surface area (Å²) in [5, 5.41) is 3.44. The highest BCUT2D eigenvalue weighted by Gasteiger charge is 2.10. The molecule has 4 heteroatoms. The molecule has 0 bridgehead atoms. The van der Waals surface area contributed by atoms with Crippen molar-refractivity contribution in [2.45, 2.75) is 39.2 Å². The van der Waals surface area contributed by atoms with Crippen molar-refractivity contribution in [3.05, 3.63) is 34.3 Å². The van der Waals surface area contributed by atoms with Crippen molar-refractivity contribution in [1.82, 2.24) is 5.32 Å². The molecule has 0 aliphatic heterocycles. The molecule has 1 aromatic carbocycles. The third-order valence-corrected chi connectivity index (χ3v) is 3.24. The lowest BCUT2D eigenvalue weighted by Crippen LogP contribution is -2.32. The zero-order valence-electron chi connectivity index (χ0n) is 12.0. The average molecular weight is 293 g/mol. The maximum absolute atomic E-state index is 12.1.